The number of thioether (sulfide) groups is 1. The largest absolute Gasteiger partial charge is 0.493 e. The Labute approximate surface area is 140 Å². The highest BCUT2D eigenvalue weighted by Gasteiger charge is 2.37. The van der Waals surface area contributed by atoms with Crippen LogP contribution in [0.4, 0.5) is 0 Å². The fourth-order valence-electron chi connectivity index (χ4n) is 2.71. The van der Waals surface area contributed by atoms with Crippen LogP contribution in [0.1, 0.15) is 31.4 Å². The number of fused-ring (bicyclic) bond motifs is 1. The molecule has 23 heavy (non-hydrogen) atoms. The molecule has 0 saturated carbocycles. The molecule has 2 aliphatic rings. The molecule has 1 aromatic rings. The van der Waals surface area contributed by atoms with Crippen LogP contribution in [0.3, 0.4) is 0 Å². The smallest absolute Gasteiger partial charge is 0.243 e. The fraction of sp³-hybridized carbons (Fsp3) is 0.529. The molecule has 2 N–H and O–H groups in total. The Morgan fingerprint density at radius 2 is 2.30 bits per heavy atom. The molecular formula is C17H22N2O3S. The molecule has 5 nitrogen and oxygen atoms in total. The van der Waals surface area contributed by atoms with E-state index < -0.39 is 10.8 Å². The van der Waals surface area contributed by atoms with Gasteiger partial charge in [-0.25, -0.2) is 0 Å². The van der Waals surface area contributed by atoms with Crippen molar-refractivity contribution in [3.05, 3.63) is 29.3 Å². The Bertz CT molecular complexity index is 630. The molecule has 1 saturated heterocycles. The number of rotatable bonds is 3. The molecule has 0 aliphatic carbocycles. The van der Waals surface area contributed by atoms with Crippen LogP contribution in [0.5, 0.6) is 5.75 Å². The summed E-state index contributed by atoms with van der Waals surface area (Å²) in [5, 5.41) is 5.72. The molecule has 0 aromatic heterocycles. The second-order valence-corrected chi connectivity index (χ2v) is 8.10. The molecule has 1 fully saturated rings. The summed E-state index contributed by atoms with van der Waals surface area (Å²) in [6.07, 6.45) is 2.05. The van der Waals surface area contributed by atoms with Gasteiger partial charge >= 0.3 is 0 Å². The number of nitrogens with one attached hydrogen (secondary N) is 2. The lowest BCUT2D eigenvalue weighted by Gasteiger charge is -2.32. The number of amides is 2. The average Bonchev–Trinajstić information content (AvgIpc) is 2.55. The quantitative estimate of drug-likeness (QED) is 0.882. The van der Waals surface area contributed by atoms with E-state index in [9.17, 15) is 9.59 Å². The summed E-state index contributed by atoms with van der Waals surface area (Å²) in [6, 6.07) is 5.58. The maximum absolute atomic E-state index is 12.3. The monoisotopic (exact) mass is 334 g/mol. The van der Waals surface area contributed by atoms with Gasteiger partial charge in [-0.1, -0.05) is 12.1 Å². The van der Waals surface area contributed by atoms with Gasteiger partial charge in [-0.3, -0.25) is 9.59 Å². The van der Waals surface area contributed by atoms with E-state index in [4.69, 9.17) is 4.74 Å². The first-order valence-corrected chi connectivity index (χ1v) is 8.91. The molecule has 3 rings (SSSR count). The van der Waals surface area contributed by atoms with Crippen molar-refractivity contribution in [3.63, 3.8) is 0 Å². The zero-order valence-electron chi connectivity index (χ0n) is 13.5. The van der Waals surface area contributed by atoms with E-state index >= 15 is 0 Å². The van der Waals surface area contributed by atoms with Crippen molar-refractivity contribution in [1.82, 2.24) is 10.6 Å². The topological polar surface area (TPSA) is 67.4 Å². The first kappa shape index (κ1) is 16.2. The number of hydrogen-bond donors (Lipinski definition) is 2. The van der Waals surface area contributed by atoms with Gasteiger partial charge in [-0.2, -0.15) is 0 Å². The maximum atomic E-state index is 12.3. The molecular weight excluding hydrogens is 312 g/mol. The van der Waals surface area contributed by atoms with Gasteiger partial charge in [-0.05, 0) is 43.9 Å². The van der Waals surface area contributed by atoms with Crippen molar-refractivity contribution >= 4 is 23.6 Å². The highest BCUT2D eigenvalue weighted by molar-refractivity contribution is 8.01. The summed E-state index contributed by atoms with van der Waals surface area (Å²) in [5.41, 5.74) is 2.25. The third kappa shape index (κ3) is 3.63. The van der Waals surface area contributed by atoms with Crippen molar-refractivity contribution in [2.75, 3.05) is 12.4 Å². The van der Waals surface area contributed by atoms with Gasteiger partial charge in [0.25, 0.3) is 0 Å². The summed E-state index contributed by atoms with van der Waals surface area (Å²) < 4.78 is 5.13. The van der Waals surface area contributed by atoms with Gasteiger partial charge in [0.15, 0.2) is 0 Å². The third-order valence-corrected chi connectivity index (χ3v) is 5.63. The van der Waals surface area contributed by atoms with Gasteiger partial charge in [0.2, 0.25) is 11.8 Å². The number of aryl methyl sites for hydroxylation is 1. The van der Waals surface area contributed by atoms with Gasteiger partial charge < -0.3 is 15.4 Å². The summed E-state index contributed by atoms with van der Waals surface area (Å²) in [6.45, 7) is 4.98. The van der Waals surface area contributed by atoms with Crippen molar-refractivity contribution < 1.29 is 14.3 Å². The first-order chi connectivity index (χ1) is 11.0. The summed E-state index contributed by atoms with van der Waals surface area (Å²) in [4.78, 5) is 24.2. The predicted molar refractivity (Wildman–Crippen MR) is 90.6 cm³/mol. The van der Waals surface area contributed by atoms with Crippen LogP contribution < -0.4 is 15.4 Å². The van der Waals surface area contributed by atoms with E-state index in [-0.39, 0.29) is 11.8 Å². The van der Waals surface area contributed by atoms with E-state index in [1.54, 1.807) is 0 Å². The molecule has 2 aliphatic heterocycles. The van der Waals surface area contributed by atoms with Crippen molar-refractivity contribution in [1.29, 1.82) is 0 Å². The minimum Gasteiger partial charge on any atom is -0.493 e. The molecule has 2 heterocycles. The minimum atomic E-state index is -0.463. The maximum Gasteiger partial charge on any atom is 0.243 e. The number of carbonyl (C=O) groups excluding carboxylic acids is 2. The fourth-order valence-corrected chi connectivity index (χ4v) is 3.72. The Kier molecular flexibility index (Phi) is 4.53. The lowest BCUT2D eigenvalue weighted by atomic mass is 10.0. The molecule has 6 heteroatoms. The van der Waals surface area contributed by atoms with Crippen LogP contribution >= 0.6 is 11.8 Å². The number of benzene rings is 1. The van der Waals surface area contributed by atoms with Gasteiger partial charge in [-0.15, -0.1) is 11.8 Å². The summed E-state index contributed by atoms with van der Waals surface area (Å²) in [5.74, 6) is 1.34. The SMILES string of the molecule is CC1(C)SCC(C(=O)NCc2ccc3c(c2)CCCO3)NC1=O. The van der Waals surface area contributed by atoms with E-state index in [0.717, 1.165) is 30.8 Å². The van der Waals surface area contributed by atoms with Crippen LogP contribution in [-0.4, -0.2) is 35.0 Å². The number of hydrogen-bond acceptors (Lipinski definition) is 4. The Hall–Kier alpha value is -1.69. The molecule has 0 radical (unpaired) electrons. The van der Waals surface area contributed by atoms with Gasteiger partial charge in [0.05, 0.1) is 11.4 Å². The second kappa shape index (κ2) is 6.43. The van der Waals surface area contributed by atoms with Crippen molar-refractivity contribution in [3.8, 4) is 5.75 Å². The highest BCUT2D eigenvalue weighted by Crippen LogP contribution is 2.29. The molecule has 1 unspecified atom stereocenters. The normalized spacial score (nSPS) is 22.5. The van der Waals surface area contributed by atoms with Crippen LogP contribution in [-0.2, 0) is 22.6 Å². The van der Waals surface area contributed by atoms with E-state index in [1.165, 1.54) is 17.3 Å². The van der Waals surface area contributed by atoms with Crippen LogP contribution in [0.2, 0.25) is 0 Å². The first-order valence-electron chi connectivity index (χ1n) is 7.93. The molecule has 1 atom stereocenters. The Morgan fingerprint density at radius 3 is 3.09 bits per heavy atom. The minimum absolute atomic E-state index is 0.0835. The standard InChI is InChI=1S/C17H22N2O3S/c1-17(2)16(21)19-13(10-23-17)15(20)18-9-11-5-6-14-12(8-11)4-3-7-22-14/h5-6,8,13H,3-4,7,9-10H2,1-2H3,(H,18,20)(H,19,21). The average molecular weight is 334 g/mol. The third-order valence-electron chi connectivity index (χ3n) is 4.22. The summed E-state index contributed by atoms with van der Waals surface area (Å²) in [7, 11) is 0. The van der Waals surface area contributed by atoms with E-state index in [2.05, 4.69) is 16.7 Å². The Balaban J connectivity index is 1.56. The van der Waals surface area contributed by atoms with Crippen molar-refractivity contribution in [2.45, 2.75) is 44.0 Å². The molecule has 2 amide bonds. The van der Waals surface area contributed by atoms with Gasteiger partial charge in [0.1, 0.15) is 11.8 Å². The van der Waals surface area contributed by atoms with Crippen LogP contribution in [0.25, 0.3) is 0 Å². The molecule has 0 bridgehead atoms. The van der Waals surface area contributed by atoms with Gasteiger partial charge in [0, 0.05) is 12.3 Å². The zero-order chi connectivity index (χ0) is 16.4. The Morgan fingerprint density at radius 1 is 1.48 bits per heavy atom. The van der Waals surface area contributed by atoms with Crippen LogP contribution in [0, 0.1) is 0 Å². The number of ether oxygens (including phenoxy) is 1. The lowest BCUT2D eigenvalue weighted by molar-refractivity contribution is -0.129. The van der Waals surface area contributed by atoms with E-state index in [1.807, 2.05) is 26.0 Å². The molecule has 124 valence electrons. The lowest BCUT2D eigenvalue weighted by Crippen LogP contribution is -2.57. The van der Waals surface area contributed by atoms with Crippen LogP contribution in [0.15, 0.2) is 18.2 Å². The predicted octanol–water partition coefficient (Wildman–Crippen LogP) is 1.64. The summed E-state index contributed by atoms with van der Waals surface area (Å²) >= 11 is 1.52. The molecule has 1 aromatic carbocycles. The van der Waals surface area contributed by atoms with Crippen molar-refractivity contribution in [2.24, 2.45) is 0 Å². The highest BCUT2D eigenvalue weighted by atomic mass is 32.2. The van der Waals surface area contributed by atoms with E-state index in [0.29, 0.717) is 12.3 Å². The zero-order valence-corrected chi connectivity index (χ0v) is 14.3. The second-order valence-electron chi connectivity index (χ2n) is 6.46. The number of carbonyl (C=O) groups is 2. The molecule has 0 spiro atoms.